The van der Waals surface area contributed by atoms with Gasteiger partial charge in [-0.15, -0.1) is 0 Å². The summed E-state index contributed by atoms with van der Waals surface area (Å²) in [7, 11) is 0. The number of nitrogens with zero attached hydrogens (tertiary/aromatic N) is 3. The van der Waals surface area contributed by atoms with Crippen molar-refractivity contribution >= 4 is 11.7 Å². The zero-order chi connectivity index (χ0) is 19.2. The van der Waals surface area contributed by atoms with E-state index < -0.39 is 5.60 Å². The third kappa shape index (κ3) is 3.48. The molecule has 1 aliphatic heterocycles. The van der Waals surface area contributed by atoms with Crippen molar-refractivity contribution in [3.63, 3.8) is 0 Å². The maximum Gasteiger partial charge on any atom is 0.410 e. The summed E-state index contributed by atoms with van der Waals surface area (Å²) in [5.41, 5.74) is 2.17. The number of carbonyl (C=O) groups is 1. The summed E-state index contributed by atoms with van der Waals surface area (Å²) < 4.78 is 6.98. The van der Waals surface area contributed by atoms with E-state index in [2.05, 4.69) is 17.0 Å². The highest BCUT2D eigenvalue weighted by atomic mass is 16.6. The zero-order valence-electron chi connectivity index (χ0n) is 16.4. The van der Waals surface area contributed by atoms with E-state index >= 15 is 0 Å². The molecule has 26 heavy (non-hydrogen) atoms. The number of likely N-dealkylation sites (tertiary alicyclic amines) is 1. The van der Waals surface area contributed by atoms with E-state index in [1.807, 2.05) is 33.8 Å². The van der Waals surface area contributed by atoms with Crippen molar-refractivity contribution in [1.29, 1.82) is 0 Å². The van der Waals surface area contributed by atoms with Crippen LogP contribution in [0.25, 0.3) is 5.65 Å². The topological polar surface area (TPSA) is 79.7 Å². The normalized spacial score (nSPS) is 21.2. The number of hydrogen-bond acceptors (Lipinski definition) is 4. The summed E-state index contributed by atoms with van der Waals surface area (Å²) in [4.78, 5) is 30.1. The van der Waals surface area contributed by atoms with Crippen LogP contribution in [0, 0.1) is 19.8 Å². The van der Waals surface area contributed by atoms with Crippen molar-refractivity contribution < 1.29 is 9.53 Å². The number of piperidine rings is 1. The summed E-state index contributed by atoms with van der Waals surface area (Å²) in [6.07, 6.45) is 1.40. The first-order valence-corrected chi connectivity index (χ1v) is 9.15. The molecule has 1 N–H and O–H groups in total. The second-order valence-corrected chi connectivity index (χ2v) is 8.37. The molecule has 2 atom stereocenters. The second-order valence-electron chi connectivity index (χ2n) is 8.37. The lowest BCUT2D eigenvalue weighted by atomic mass is 9.91. The lowest BCUT2D eigenvalue weighted by Crippen LogP contribution is -2.43. The van der Waals surface area contributed by atoms with E-state index in [4.69, 9.17) is 4.74 Å². The van der Waals surface area contributed by atoms with E-state index in [9.17, 15) is 9.59 Å². The van der Waals surface area contributed by atoms with Crippen molar-refractivity contribution in [2.75, 3.05) is 6.54 Å². The highest BCUT2D eigenvalue weighted by Crippen LogP contribution is 2.34. The fraction of sp³-hybridized carbons (Fsp3) is 0.632. The number of ether oxygens (including phenoxy) is 1. The number of carbonyl (C=O) groups excluding carboxylic acids is 1. The molecule has 0 aliphatic carbocycles. The minimum atomic E-state index is -0.548. The Balaban J connectivity index is 2.01. The Morgan fingerprint density at radius 2 is 2.04 bits per heavy atom. The summed E-state index contributed by atoms with van der Waals surface area (Å²) >= 11 is 0. The number of aromatic amines is 1. The van der Waals surface area contributed by atoms with Crippen LogP contribution < -0.4 is 5.56 Å². The number of aromatic nitrogens is 3. The molecule has 7 heteroatoms. The van der Waals surface area contributed by atoms with Gasteiger partial charge in [-0.3, -0.25) is 9.69 Å². The number of amides is 1. The lowest BCUT2D eigenvalue weighted by Gasteiger charge is -2.38. The Labute approximate surface area is 153 Å². The Morgan fingerprint density at radius 3 is 2.69 bits per heavy atom. The zero-order valence-corrected chi connectivity index (χ0v) is 16.4. The van der Waals surface area contributed by atoms with Crippen LogP contribution in [-0.2, 0) is 4.74 Å². The van der Waals surface area contributed by atoms with E-state index in [1.165, 1.54) is 4.52 Å². The number of H-pyrrole nitrogens is 1. The third-order valence-corrected chi connectivity index (χ3v) is 4.95. The lowest BCUT2D eigenvalue weighted by molar-refractivity contribution is 0.00450. The molecule has 0 saturated carbocycles. The van der Waals surface area contributed by atoms with Gasteiger partial charge < -0.3 is 9.72 Å². The molecule has 7 nitrogen and oxygen atoms in total. The summed E-state index contributed by atoms with van der Waals surface area (Å²) in [5, 5.41) is 4.52. The van der Waals surface area contributed by atoms with Gasteiger partial charge >= 0.3 is 6.09 Å². The molecule has 2 aromatic heterocycles. The predicted octanol–water partition coefficient (Wildman–Crippen LogP) is 3.35. The smallest absolute Gasteiger partial charge is 0.410 e. The van der Waals surface area contributed by atoms with E-state index in [1.54, 1.807) is 11.8 Å². The molecule has 2 aromatic rings. The fourth-order valence-electron chi connectivity index (χ4n) is 3.37. The van der Waals surface area contributed by atoms with Crippen LogP contribution in [0.5, 0.6) is 0 Å². The van der Waals surface area contributed by atoms with Gasteiger partial charge in [-0.1, -0.05) is 6.92 Å². The van der Waals surface area contributed by atoms with Gasteiger partial charge in [0.2, 0.25) is 0 Å². The number of fused-ring (bicyclic) bond motifs is 1. The molecule has 3 heterocycles. The minimum absolute atomic E-state index is 0.129. The first kappa shape index (κ1) is 18.5. The second kappa shape index (κ2) is 6.45. The van der Waals surface area contributed by atoms with Crippen LogP contribution in [0.15, 0.2) is 10.9 Å². The van der Waals surface area contributed by atoms with Gasteiger partial charge in [0.15, 0.2) is 0 Å². The van der Waals surface area contributed by atoms with Crippen LogP contribution in [0.3, 0.4) is 0 Å². The standard InChI is InChI=1S/C19H28N4O3/c1-11-7-8-22(18(25)26-19(4,5)6)15(9-11)14-10-16-20-13(3)12(2)17(24)23(16)21-14/h10-11,15,20H,7-9H2,1-6H3/t11-,15+/m1/s1. The SMILES string of the molecule is Cc1[nH]c2cc([C@@H]3C[C@H](C)CCN3C(=O)OC(C)(C)C)nn2c(=O)c1C. The number of rotatable bonds is 1. The van der Waals surface area contributed by atoms with Gasteiger partial charge in [-0.05, 0) is 53.4 Å². The maximum absolute atomic E-state index is 12.7. The Kier molecular flexibility index (Phi) is 4.58. The Morgan fingerprint density at radius 1 is 1.35 bits per heavy atom. The van der Waals surface area contributed by atoms with Gasteiger partial charge in [-0.25, -0.2) is 4.79 Å². The monoisotopic (exact) mass is 360 g/mol. The molecule has 0 radical (unpaired) electrons. The maximum atomic E-state index is 12.7. The third-order valence-electron chi connectivity index (χ3n) is 4.95. The van der Waals surface area contributed by atoms with Crippen molar-refractivity contribution in [1.82, 2.24) is 19.5 Å². The average molecular weight is 360 g/mol. The molecule has 1 aliphatic rings. The van der Waals surface area contributed by atoms with E-state index in [0.717, 1.165) is 24.2 Å². The van der Waals surface area contributed by atoms with E-state index in [0.29, 0.717) is 23.7 Å². The van der Waals surface area contributed by atoms with Crippen molar-refractivity contribution in [3.8, 4) is 0 Å². The highest BCUT2D eigenvalue weighted by Gasteiger charge is 2.35. The quantitative estimate of drug-likeness (QED) is 0.846. The van der Waals surface area contributed by atoms with Crippen LogP contribution in [-0.4, -0.2) is 37.7 Å². The average Bonchev–Trinajstić information content (AvgIpc) is 2.95. The minimum Gasteiger partial charge on any atom is -0.444 e. The van der Waals surface area contributed by atoms with E-state index in [-0.39, 0.29) is 17.7 Å². The molecule has 1 fully saturated rings. The molecule has 3 rings (SSSR count). The van der Waals surface area contributed by atoms with Gasteiger partial charge in [0, 0.05) is 23.9 Å². The summed E-state index contributed by atoms with van der Waals surface area (Å²) in [5.74, 6) is 0.475. The van der Waals surface area contributed by atoms with Crippen LogP contribution >= 0.6 is 0 Å². The molecular weight excluding hydrogens is 332 g/mol. The van der Waals surface area contributed by atoms with Crippen molar-refractivity contribution in [2.24, 2.45) is 5.92 Å². The van der Waals surface area contributed by atoms with Gasteiger partial charge in [0.25, 0.3) is 5.56 Å². The van der Waals surface area contributed by atoms with Crippen molar-refractivity contribution in [2.45, 2.75) is 66.0 Å². The Hall–Kier alpha value is -2.31. The van der Waals surface area contributed by atoms with Gasteiger partial charge in [0.05, 0.1) is 11.7 Å². The first-order valence-electron chi connectivity index (χ1n) is 9.15. The van der Waals surface area contributed by atoms with Crippen LogP contribution in [0.4, 0.5) is 4.79 Å². The van der Waals surface area contributed by atoms with Crippen molar-refractivity contribution in [3.05, 3.63) is 33.4 Å². The number of aryl methyl sites for hydroxylation is 1. The fourth-order valence-corrected chi connectivity index (χ4v) is 3.37. The predicted molar refractivity (Wildman–Crippen MR) is 99.4 cm³/mol. The van der Waals surface area contributed by atoms with Gasteiger partial charge in [0.1, 0.15) is 11.2 Å². The molecule has 1 amide bonds. The molecule has 0 aromatic carbocycles. The molecule has 142 valence electrons. The largest absolute Gasteiger partial charge is 0.444 e. The summed E-state index contributed by atoms with van der Waals surface area (Å²) in [6, 6.07) is 1.68. The molecular formula is C19H28N4O3. The summed E-state index contributed by atoms with van der Waals surface area (Å²) in [6.45, 7) is 12.0. The number of hydrogen-bond donors (Lipinski definition) is 1. The van der Waals surface area contributed by atoms with Gasteiger partial charge in [-0.2, -0.15) is 9.61 Å². The number of nitrogens with one attached hydrogen (secondary N) is 1. The molecule has 0 bridgehead atoms. The highest BCUT2D eigenvalue weighted by molar-refractivity contribution is 5.69. The Bertz CT molecular complexity index is 891. The molecule has 0 spiro atoms. The molecule has 1 saturated heterocycles. The molecule has 0 unspecified atom stereocenters. The first-order chi connectivity index (χ1) is 12.1. The van der Waals surface area contributed by atoms with Crippen LogP contribution in [0.1, 0.15) is 63.5 Å². The van der Waals surface area contributed by atoms with Crippen LogP contribution in [0.2, 0.25) is 0 Å².